The maximum Gasteiger partial charge on any atom is 0.225 e. The molecule has 1 saturated heterocycles. The number of hydrogen-bond acceptors (Lipinski definition) is 3. The van der Waals surface area contributed by atoms with Crippen molar-refractivity contribution in [3.63, 3.8) is 0 Å². The van der Waals surface area contributed by atoms with Gasteiger partial charge in [-0.1, -0.05) is 26.0 Å². The van der Waals surface area contributed by atoms with Gasteiger partial charge in [0.15, 0.2) is 0 Å². The SMILES string of the molecule is CCC(C)C(=O)N1CCCC1c1nc2ccccc2s1. The Kier molecular flexibility index (Phi) is 3.74. The highest BCUT2D eigenvalue weighted by Crippen LogP contribution is 2.37. The quantitative estimate of drug-likeness (QED) is 0.855. The van der Waals surface area contributed by atoms with Crippen molar-refractivity contribution in [1.82, 2.24) is 9.88 Å². The van der Waals surface area contributed by atoms with E-state index in [1.807, 2.05) is 30.0 Å². The van der Waals surface area contributed by atoms with Crippen molar-refractivity contribution in [2.45, 2.75) is 39.2 Å². The fourth-order valence-corrected chi connectivity index (χ4v) is 3.89. The van der Waals surface area contributed by atoms with E-state index >= 15 is 0 Å². The molecule has 1 aliphatic rings. The number of benzene rings is 1. The Bertz CT molecular complexity index is 589. The molecule has 0 saturated carbocycles. The molecular weight excluding hydrogens is 268 g/mol. The molecule has 0 spiro atoms. The van der Waals surface area contributed by atoms with Crippen LogP contribution in [0.3, 0.4) is 0 Å². The summed E-state index contributed by atoms with van der Waals surface area (Å²) in [5.74, 6) is 0.402. The molecule has 0 radical (unpaired) electrons. The summed E-state index contributed by atoms with van der Waals surface area (Å²) in [5.41, 5.74) is 1.05. The minimum Gasteiger partial charge on any atom is -0.333 e. The van der Waals surface area contributed by atoms with Gasteiger partial charge in [-0.2, -0.15) is 0 Å². The van der Waals surface area contributed by atoms with Gasteiger partial charge in [-0.25, -0.2) is 4.98 Å². The third kappa shape index (κ3) is 2.33. The van der Waals surface area contributed by atoms with Crippen molar-refractivity contribution in [1.29, 1.82) is 0 Å². The molecule has 1 aromatic carbocycles. The summed E-state index contributed by atoms with van der Waals surface area (Å²) in [6.45, 7) is 4.98. The molecule has 0 N–H and O–H groups in total. The number of carbonyl (C=O) groups is 1. The number of carbonyl (C=O) groups excluding carboxylic acids is 1. The molecule has 1 fully saturated rings. The summed E-state index contributed by atoms with van der Waals surface area (Å²) in [6.07, 6.45) is 3.03. The highest BCUT2D eigenvalue weighted by atomic mass is 32.1. The highest BCUT2D eigenvalue weighted by molar-refractivity contribution is 7.18. The molecule has 20 heavy (non-hydrogen) atoms. The molecule has 2 unspecified atom stereocenters. The smallest absolute Gasteiger partial charge is 0.225 e. The fraction of sp³-hybridized carbons (Fsp3) is 0.500. The van der Waals surface area contributed by atoms with E-state index in [4.69, 9.17) is 4.98 Å². The molecular formula is C16H20N2OS. The minimum atomic E-state index is 0.116. The van der Waals surface area contributed by atoms with Crippen LogP contribution >= 0.6 is 11.3 Å². The lowest BCUT2D eigenvalue weighted by atomic mass is 10.1. The van der Waals surface area contributed by atoms with E-state index in [0.29, 0.717) is 0 Å². The molecule has 2 heterocycles. The number of amides is 1. The molecule has 0 bridgehead atoms. The summed E-state index contributed by atoms with van der Waals surface area (Å²) in [7, 11) is 0. The number of nitrogens with zero attached hydrogens (tertiary/aromatic N) is 2. The summed E-state index contributed by atoms with van der Waals surface area (Å²) in [5, 5.41) is 1.10. The van der Waals surface area contributed by atoms with Gasteiger partial charge in [0.1, 0.15) is 5.01 Å². The number of likely N-dealkylation sites (tertiary alicyclic amines) is 1. The molecule has 4 heteroatoms. The number of rotatable bonds is 3. The minimum absolute atomic E-state index is 0.116. The average molecular weight is 288 g/mol. The second-order valence-corrected chi connectivity index (χ2v) is 6.58. The Morgan fingerprint density at radius 1 is 1.50 bits per heavy atom. The van der Waals surface area contributed by atoms with Crippen LogP contribution in [0.1, 0.15) is 44.2 Å². The largest absolute Gasteiger partial charge is 0.333 e. The van der Waals surface area contributed by atoms with Crippen LogP contribution in [-0.4, -0.2) is 22.3 Å². The van der Waals surface area contributed by atoms with E-state index in [1.165, 1.54) is 4.70 Å². The van der Waals surface area contributed by atoms with E-state index < -0.39 is 0 Å². The second-order valence-electron chi connectivity index (χ2n) is 5.52. The van der Waals surface area contributed by atoms with Crippen LogP contribution in [0.5, 0.6) is 0 Å². The van der Waals surface area contributed by atoms with Gasteiger partial charge in [0.2, 0.25) is 5.91 Å². The van der Waals surface area contributed by atoms with Crippen LogP contribution in [0.4, 0.5) is 0 Å². The summed E-state index contributed by atoms with van der Waals surface area (Å²) >= 11 is 1.73. The predicted molar refractivity (Wildman–Crippen MR) is 82.8 cm³/mol. The normalized spacial score (nSPS) is 20.5. The predicted octanol–water partition coefficient (Wildman–Crippen LogP) is 4.01. The van der Waals surface area contributed by atoms with E-state index in [0.717, 1.165) is 36.3 Å². The summed E-state index contributed by atoms with van der Waals surface area (Å²) in [6, 6.07) is 8.40. The maximum absolute atomic E-state index is 12.5. The zero-order valence-corrected chi connectivity index (χ0v) is 12.8. The van der Waals surface area contributed by atoms with E-state index in [1.54, 1.807) is 11.3 Å². The second kappa shape index (κ2) is 5.52. The van der Waals surface area contributed by atoms with E-state index in [2.05, 4.69) is 13.0 Å². The van der Waals surface area contributed by atoms with Crippen LogP contribution in [0.25, 0.3) is 10.2 Å². The third-order valence-electron chi connectivity index (χ3n) is 4.17. The number of thiazole rings is 1. The lowest BCUT2D eigenvalue weighted by molar-refractivity contribution is -0.136. The van der Waals surface area contributed by atoms with Gasteiger partial charge in [0.05, 0.1) is 16.3 Å². The molecule has 3 nitrogen and oxygen atoms in total. The van der Waals surface area contributed by atoms with Crippen LogP contribution in [-0.2, 0) is 4.79 Å². The van der Waals surface area contributed by atoms with Gasteiger partial charge in [-0.05, 0) is 31.4 Å². The zero-order valence-electron chi connectivity index (χ0n) is 12.0. The van der Waals surface area contributed by atoms with Crippen molar-refractivity contribution in [2.24, 2.45) is 5.92 Å². The van der Waals surface area contributed by atoms with Gasteiger partial charge < -0.3 is 4.90 Å². The zero-order chi connectivity index (χ0) is 14.1. The Hall–Kier alpha value is -1.42. The first-order valence-electron chi connectivity index (χ1n) is 7.36. The van der Waals surface area contributed by atoms with E-state index in [-0.39, 0.29) is 17.9 Å². The number of fused-ring (bicyclic) bond motifs is 1. The molecule has 2 atom stereocenters. The Morgan fingerprint density at radius 2 is 2.30 bits per heavy atom. The number of aromatic nitrogens is 1. The molecule has 1 aromatic heterocycles. The Balaban J connectivity index is 1.90. The number of hydrogen-bond donors (Lipinski definition) is 0. The first-order valence-corrected chi connectivity index (χ1v) is 8.18. The molecule has 2 aromatic rings. The monoisotopic (exact) mass is 288 g/mol. The van der Waals surface area contributed by atoms with Crippen molar-refractivity contribution in [3.8, 4) is 0 Å². The summed E-state index contributed by atoms with van der Waals surface area (Å²) in [4.78, 5) is 19.3. The lowest BCUT2D eigenvalue weighted by Crippen LogP contribution is -2.34. The van der Waals surface area contributed by atoms with Crippen LogP contribution in [0, 0.1) is 5.92 Å². The maximum atomic E-state index is 12.5. The van der Waals surface area contributed by atoms with Crippen LogP contribution in [0.15, 0.2) is 24.3 Å². The van der Waals surface area contributed by atoms with Crippen LogP contribution in [0.2, 0.25) is 0 Å². The first kappa shape index (κ1) is 13.6. The van der Waals surface area contributed by atoms with Gasteiger partial charge in [0, 0.05) is 12.5 Å². The first-order chi connectivity index (χ1) is 9.70. The molecule has 106 valence electrons. The van der Waals surface area contributed by atoms with Crippen molar-refractivity contribution < 1.29 is 4.79 Å². The highest BCUT2D eigenvalue weighted by Gasteiger charge is 2.33. The summed E-state index contributed by atoms with van der Waals surface area (Å²) < 4.78 is 1.21. The molecule has 1 aliphatic heterocycles. The van der Waals surface area contributed by atoms with Crippen molar-refractivity contribution in [2.75, 3.05) is 6.54 Å². The van der Waals surface area contributed by atoms with E-state index in [9.17, 15) is 4.79 Å². The van der Waals surface area contributed by atoms with Gasteiger partial charge in [-0.15, -0.1) is 11.3 Å². The van der Waals surface area contributed by atoms with Crippen molar-refractivity contribution in [3.05, 3.63) is 29.3 Å². The van der Waals surface area contributed by atoms with Gasteiger partial charge in [-0.3, -0.25) is 4.79 Å². The fourth-order valence-electron chi connectivity index (χ4n) is 2.78. The standard InChI is InChI=1S/C16H20N2OS/c1-3-11(2)16(19)18-10-6-8-13(18)15-17-12-7-4-5-9-14(12)20-15/h4-5,7,9,11,13H,3,6,8,10H2,1-2H3. The lowest BCUT2D eigenvalue weighted by Gasteiger charge is -2.25. The third-order valence-corrected chi connectivity index (χ3v) is 5.30. The number of para-hydroxylation sites is 1. The molecule has 1 amide bonds. The van der Waals surface area contributed by atoms with Gasteiger partial charge >= 0.3 is 0 Å². The van der Waals surface area contributed by atoms with Gasteiger partial charge in [0.25, 0.3) is 0 Å². The average Bonchev–Trinajstić information content (AvgIpc) is 3.10. The topological polar surface area (TPSA) is 33.2 Å². The molecule has 3 rings (SSSR count). The molecule has 0 aliphatic carbocycles. The van der Waals surface area contributed by atoms with Crippen molar-refractivity contribution >= 4 is 27.5 Å². The Labute approximate surface area is 123 Å². The van der Waals surface area contributed by atoms with Crippen LogP contribution < -0.4 is 0 Å². The Morgan fingerprint density at radius 3 is 3.05 bits per heavy atom.